The summed E-state index contributed by atoms with van der Waals surface area (Å²) in [6, 6.07) is 2.52. The molecule has 0 saturated carbocycles. The van der Waals surface area contributed by atoms with Crippen LogP contribution in [0.15, 0.2) is 23.7 Å². The second-order valence-corrected chi connectivity index (χ2v) is 5.40. The Morgan fingerprint density at radius 2 is 2.30 bits per heavy atom. The average Bonchev–Trinajstić information content (AvgIpc) is 2.95. The maximum atomic E-state index is 13.6. The van der Waals surface area contributed by atoms with Crippen LogP contribution in [0.5, 0.6) is 0 Å². The van der Waals surface area contributed by atoms with Crippen LogP contribution in [-0.4, -0.2) is 10.9 Å². The molecule has 0 aliphatic heterocycles. The highest BCUT2D eigenvalue weighted by molar-refractivity contribution is 7.09. The summed E-state index contributed by atoms with van der Waals surface area (Å²) in [5.74, 6) is -0.824. The van der Waals surface area contributed by atoms with E-state index in [1.807, 2.05) is 12.3 Å². The molecule has 1 heterocycles. The summed E-state index contributed by atoms with van der Waals surface area (Å²) in [5, 5.41) is 5.54. The SMILES string of the molecule is CCC(NC(=O)c1cc(N)c(C)c(F)c1)c1nccs1. The molecule has 3 N–H and O–H groups in total. The molecule has 0 bridgehead atoms. The van der Waals surface area contributed by atoms with E-state index in [2.05, 4.69) is 10.3 Å². The van der Waals surface area contributed by atoms with Gasteiger partial charge < -0.3 is 11.1 Å². The largest absolute Gasteiger partial charge is 0.398 e. The van der Waals surface area contributed by atoms with Gasteiger partial charge in [0.25, 0.3) is 5.91 Å². The smallest absolute Gasteiger partial charge is 0.252 e. The first-order valence-electron chi connectivity index (χ1n) is 6.28. The summed E-state index contributed by atoms with van der Waals surface area (Å²) in [7, 11) is 0. The van der Waals surface area contributed by atoms with Gasteiger partial charge in [-0.1, -0.05) is 6.92 Å². The van der Waals surface area contributed by atoms with Crippen LogP contribution >= 0.6 is 11.3 Å². The molecule has 1 aromatic heterocycles. The maximum Gasteiger partial charge on any atom is 0.252 e. The quantitative estimate of drug-likeness (QED) is 0.851. The van der Waals surface area contributed by atoms with Crippen LogP contribution in [0.3, 0.4) is 0 Å². The third kappa shape index (κ3) is 2.96. The minimum atomic E-state index is -0.475. The molecule has 0 saturated heterocycles. The molecule has 0 aliphatic rings. The van der Waals surface area contributed by atoms with Gasteiger partial charge in [-0.05, 0) is 25.5 Å². The van der Waals surface area contributed by atoms with Gasteiger partial charge in [0.1, 0.15) is 10.8 Å². The number of halogens is 1. The molecular weight excluding hydrogens is 277 g/mol. The number of nitrogens with two attached hydrogens (primary N) is 1. The lowest BCUT2D eigenvalue weighted by Gasteiger charge is -2.15. The molecule has 0 fully saturated rings. The summed E-state index contributed by atoms with van der Waals surface area (Å²) >= 11 is 1.48. The number of amides is 1. The van der Waals surface area contributed by atoms with E-state index in [9.17, 15) is 9.18 Å². The van der Waals surface area contributed by atoms with Crippen LogP contribution < -0.4 is 11.1 Å². The van der Waals surface area contributed by atoms with E-state index >= 15 is 0 Å². The maximum absolute atomic E-state index is 13.6. The summed E-state index contributed by atoms with van der Waals surface area (Å²) in [6.07, 6.45) is 2.40. The highest BCUT2D eigenvalue weighted by Gasteiger charge is 2.17. The highest BCUT2D eigenvalue weighted by atomic mass is 32.1. The van der Waals surface area contributed by atoms with Gasteiger partial charge in [0.2, 0.25) is 0 Å². The summed E-state index contributed by atoms with van der Waals surface area (Å²) in [5.41, 5.74) is 6.54. The Kier molecular flexibility index (Phi) is 4.34. The number of carbonyl (C=O) groups excluding carboxylic acids is 1. The van der Waals surface area contributed by atoms with E-state index < -0.39 is 5.82 Å². The molecule has 1 atom stereocenters. The number of hydrogen-bond donors (Lipinski definition) is 2. The number of hydrogen-bond acceptors (Lipinski definition) is 4. The number of nitrogens with zero attached hydrogens (tertiary/aromatic N) is 1. The first-order chi connectivity index (χ1) is 9.52. The van der Waals surface area contributed by atoms with Crippen molar-refractivity contribution in [3.05, 3.63) is 45.7 Å². The molecule has 2 rings (SSSR count). The molecule has 1 unspecified atom stereocenters. The second-order valence-electron chi connectivity index (χ2n) is 4.48. The Labute approximate surface area is 120 Å². The van der Waals surface area contributed by atoms with Gasteiger partial charge in [-0.3, -0.25) is 4.79 Å². The lowest BCUT2D eigenvalue weighted by atomic mass is 10.1. The van der Waals surface area contributed by atoms with Gasteiger partial charge in [-0.15, -0.1) is 11.3 Å². The number of anilines is 1. The second kappa shape index (κ2) is 6.00. The van der Waals surface area contributed by atoms with Crippen molar-refractivity contribution in [2.75, 3.05) is 5.73 Å². The number of thiazole rings is 1. The zero-order valence-electron chi connectivity index (χ0n) is 11.3. The van der Waals surface area contributed by atoms with Gasteiger partial charge in [0, 0.05) is 28.4 Å². The van der Waals surface area contributed by atoms with Crippen LogP contribution in [0.2, 0.25) is 0 Å². The van der Waals surface area contributed by atoms with Crippen LogP contribution in [0.4, 0.5) is 10.1 Å². The molecule has 0 radical (unpaired) electrons. The summed E-state index contributed by atoms with van der Waals surface area (Å²) in [6.45, 7) is 3.53. The first kappa shape index (κ1) is 14.5. The zero-order chi connectivity index (χ0) is 14.7. The molecule has 0 spiro atoms. The normalized spacial score (nSPS) is 12.2. The standard InChI is InChI=1S/C14H16FN3OS/c1-3-12(14-17-4-5-20-14)18-13(19)9-6-10(15)8(2)11(16)7-9/h4-7,12H,3,16H2,1-2H3,(H,18,19). The van der Waals surface area contributed by atoms with Gasteiger partial charge in [0.15, 0.2) is 0 Å². The Bertz CT molecular complexity index is 590. The van der Waals surface area contributed by atoms with E-state index in [-0.39, 0.29) is 23.2 Å². The van der Waals surface area contributed by atoms with E-state index in [4.69, 9.17) is 5.73 Å². The predicted molar refractivity (Wildman–Crippen MR) is 78.2 cm³/mol. The van der Waals surface area contributed by atoms with Crippen molar-refractivity contribution in [2.24, 2.45) is 0 Å². The molecule has 0 aliphatic carbocycles. The molecule has 2 aromatic rings. The number of aromatic nitrogens is 1. The van der Waals surface area contributed by atoms with Crippen molar-refractivity contribution < 1.29 is 9.18 Å². The fourth-order valence-corrected chi connectivity index (χ4v) is 2.59. The van der Waals surface area contributed by atoms with Gasteiger partial charge >= 0.3 is 0 Å². The molecule has 106 valence electrons. The van der Waals surface area contributed by atoms with Gasteiger partial charge in [0.05, 0.1) is 6.04 Å². The molecule has 20 heavy (non-hydrogen) atoms. The van der Waals surface area contributed by atoms with E-state index in [1.165, 1.54) is 23.5 Å². The van der Waals surface area contributed by atoms with Crippen molar-refractivity contribution in [2.45, 2.75) is 26.3 Å². The van der Waals surface area contributed by atoms with Gasteiger partial charge in [-0.25, -0.2) is 9.37 Å². The molecule has 1 aromatic carbocycles. The minimum Gasteiger partial charge on any atom is -0.398 e. The highest BCUT2D eigenvalue weighted by Crippen LogP contribution is 2.21. The van der Waals surface area contributed by atoms with Crippen LogP contribution in [0, 0.1) is 12.7 Å². The first-order valence-corrected chi connectivity index (χ1v) is 7.16. The Morgan fingerprint density at radius 1 is 1.55 bits per heavy atom. The number of benzene rings is 1. The number of nitrogen functional groups attached to an aromatic ring is 1. The number of nitrogens with one attached hydrogen (secondary N) is 1. The topological polar surface area (TPSA) is 68.0 Å². The summed E-state index contributed by atoms with van der Waals surface area (Å²) in [4.78, 5) is 16.4. The van der Waals surface area contributed by atoms with Crippen molar-refractivity contribution in [3.8, 4) is 0 Å². The average molecular weight is 293 g/mol. The van der Waals surface area contributed by atoms with Crippen molar-refractivity contribution in [3.63, 3.8) is 0 Å². The Morgan fingerprint density at radius 3 is 2.85 bits per heavy atom. The molecule has 4 nitrogen and oxygen atoms in total. The fourth-order valence-electron chi connectivity index (χ4n) is 1.82. The lowest BCUT2D eigenvalue weighted by Crippen LogP contribution is -2.28. The summed E-state index contributed by atoms with van der Waals surface area (Å²) < 4.78 is 13.6. The van der Waals surface area contributed by atoms with Gasteiger partial charge in [-0.2, -0.15) is 0 Å². The Balaban J connectivity index is 2.19. The molecule has 1 amide bonds. The van der Waals surface area contributed by atoms with Crippen molar-refractivity contribution in [1.29, 1.82) is 0 Å². The third-order valence-electron chi connectivity index (χ3n) is 3.11. The van der Waals surface area contributed by atoms with E-state index in [0.717, 1.165) is 5.01 Å². The van der Waals surface area contributed by atoms with Crippen molar-refractivity contribution >= 4 is 22.9 Å². The van der Waals surface area contributed by atoms with Crippen LogP contribution in [-0.2, 0) is 0 Å². The van der Waals surface area contributed by atoms with E-state index in [1.54, 1.807) is 13.1 Å². The minimum absolute atomic E-state index is 0.173. The lowest BCUT2D eigenvalue weighted by molar-refractivity contribution is 0.0935. The number of carbonyl (C=O) groups is 1. The molecule has 6 heteroatoms. The fraction of sp³-hybridized carbons (Fsp3) is 0.286. The van der Waals surface area contributed by atoms with Crippen LogP contribution in [0.1, 0.15) is 40.3 Å². The van der Waals surface area contributed by atoms with Crippen LogP contribution in [0.25, 0.3) is 0 Å². The predicted octanol–water partition coefficient (Wildman–Crippen LogP) is 3.05. The van der Waals surface area contributed by atoms with Crippen molar-refractivity contribution in [1.82, 2.24) is 10.3 Å². The monoisotopic (exact) mass is 293 g/mol. The Hall–Kier alpha value is -1.95. The van der Waals surface area contributed by atoms with E-state index in [0.29, 0.717) is 12.0 Å². The molecular formula is C14H16FN3OS. The third-order valence-corrected chi connectivity index (χ3v) is 4.00. The zero-order valence-corrected chi connectivity index (χ0v) is 12.1. The number of rotatable bonds is 4.